The summed E-state index contributed by atoms with van der Waals surface area (Å²) in [4.78, 5) is -1.07. The molecule has 0 spiro atoms. The van der Waals surface area contributed by atoms with Crippen molar-refractivity contribution in [2.24, 2.45) is 0 Å². The molecule has 0 aliphatic rings. The van der Waals surface area contributed by atoms with Gasteiger partial charge in [-0.15, -0.1) is 0 Å². The molecule has 0 saturated heterocycles. The Kier molecular flexibility index (Phi) is 5.02. The molecule has 154 valence electrons. The van der Waals surface area contributed by atoms with Crippen LogP contribution < -0.4 is 0 Å². The Morgan fingerprint density at radius 3 is 2.03 bits per heavy atom. The van der Waals surface area contributed by atoms with Crippen LogP contribution in [0, 0.1) is 25.5 Å². The molecular formula is C19H14F5NO3S. The number of hydrogen-bond acceptors (Lipinski definition) is 4. The molecule has 0 unspecified atom stereocenters. The molecule has 0 amide bonds. The standard InChI is InChI=1S/C19H14F5NO3S/c1-9-6-11(4-5-13(9)19(22,23)24)17-16(10(2)28-25-17)12-7-14(20)18(15(21)8-12)29(3,26)27/h4-8H,1-3H3. The van der Waals surface area contributed by atoms with Gasteiger partial charge in [0.1, 0.15) is 28.0 Å². The van der Waals surface area contributed by atoms with E-state index in [2.05, 4.69) is 5.16 Å². The van der Waals surface area contributed by atoms with Crippen LogP contribution in [-0.4, -0.2) is 19.8 Å². The Labute approximate surface area is 162 Å². The molecule has 0 saturated carbocycles. The SMILES string of the molecule is Cc1cc(-c2noc(C)c2-c2cc(F)c(S(C)(=O)=O)c(F)c2)ccc1C(F)(F)F. The first-order valence-corrected chi connectivity index (χ1v) is 10.0. The van der Waals surface area contributed by atoms with E-state index in [4.69, 9.17) is 4.52 Å². The summed E-state index contributed by atoms with van der Waals surface area (Å²) in [6.45, 7) is 2.74. The number of aryl methyl sites for hydroxylation is 2. The van der Waals surface area contributed by atoms with Gasteiger partial charge in [0, 0.05) is 11.8 Å². The molecule has 0 N–H and O–H groups in total. The molecule has 0 bridgehead atoms. The maximum atomic E-state index is 14.3. The van der Waals surface area contributed by atoms with Gasteiger partial charge in [-0.3, -0.25) is 0 Å². The molecule has 1 aromatic heterocycles. The van der Waals surface area contributed by atoms with E-state index >= 15 is 0 Å². The van der Waals surface area contributed by atoms with Gasteiger partial charge >= 0.3 is 6.18 Å². The minimum absolute atomic E-state index is 0.0568. The summed E-state index contributed by atoms with van der Waals surface area (Å²) in [7, 11) is -4.14. The fraction of sp³-hybridized carbons (Fsp3) is 0.211. The molecule has 0 aliphatic carbocycles. The molecular weight excluding hydrogens is 417 g/mol. The maximum Gasteiger partial charge on any atom is 0.416 e. The van der Waals surface area contributed by atoms with Crippen LogP contribution in [0.2, 0.25) is 0 Å². The van der Waals surface area contributed by atoms with Gasteiger partial charge in [0.15, 0.2) is 9.84 Å². The lowest BCUT2D eigenvalue weighted by Crippen LogP contribution is -2.07. The van der Waals surface area contributed by atoms with Gasteiger partial charge in [-0.05, 0) is 49.2 Å². The number of halogens is 5. The van der Waals surface area contributed by atoms with E-state index in [9.17, 15) is 30.4 Å². The first-order chi connectivity index (χ1) is 13.3. The van der Waals surface area contributed by atoms with Crippen molar-refractivity contribution in [1.82, 2.24) is 5.16 Å². The second-order valence-corrected chi connectivity index (χ2v) is 8.48. The topological polar surface area (TPSA) is 60.2 Å². The van der Waals surface area contributed by atoms with Crippen molar-refractivity contribution in [1.29, 1.82) is 0 Å². The first-order valence-electron chi connectivity index (χ1n) is 8.14. The van der Waals surface area contributed by atoms with E-state index in [-0.39, 0.29) is 33.7 Å². The summed E-state index contributed by atoms with van der Waals surface area (Å²) in [6, 6.07) is 4.93. The molecule has 3 aromatic rings. The van der Waals surface area contributed by atoms with Gasteiger partial charge in [0.25, 0.3) is 0 Å². The van der Waals surface area contributed by atoms with Crippen molar-refractivity contribution in [2.45, 2.75) is 24.9 Å². The molecule has 29 heavy (non-hydrogen) atoms. The van der Waals surface area contributed by atoms with Crippen LogP contribution in [0.25, 0.3) is 22.4 Å². The second kappa shape index (κ2) is 6.94. The zero-order chi connectivity index (χ0) is 21.7. The maximum absolute atomic E-state index is 14.3. The van der Waals surface area contributed by atoms with Crippen LogP contribution in [0.15, 0.2) is 39.8 Å². The quantitative estimate of drug-likeness (QED) is 0.527. The summed E-state index contributed by atoms with van der Waals surface area (Å²) < 4.78 is 95.8. The normalized spacial score (nSPS) is 12.4. The van der Waals surface area contributed by atoms with Crippen molar-refractivity contribution < 1.29 is 34.9 Å². The van der Waals surface area contributed by atoms with E-state index < -0.39 is 38.1 Å². The van der Waals surface area contributed by atoms with Gasteiger partial charge in [-0.2, -0.15) is 13.2 Å². The van der Waals surface area contributed by atoms with E-state index in [1.807, 2.05) is 0 Å². The highest BCUT2D eigenvalue weighted by molar-refractivity contribution is 7.90. The molecule has 0 radical (unpaired) electrons. The highest BCUT2D eigenvalue weighted by Crippen LogP contribution is 2.39. The van der Waals surface area contributed by atoms with Gasteiger partial charge in [-0.1, -0.05) is 11.2 Å². The van der Waals surface area contributed by atoms with Crippen LogP contribution in [0.3, 0.4) is 0 Å². The average Bonchev–Trinajstić information content (AvgIpc) is 2.93. The van der Waals surface area contributed by atoms with E-state index in [1.165, 1.54) is 26.0 Å². The predicted molar refractivity (Wildman–Crippen MR) is 94.9 cm³/mol. The summed E-state index contributed by atoms with van der Waals surface area (Å²) >= 11 is 0. The van der Waals surface area contributed by atoms with E-state index in [0.29, 0.717) is 6.26 Å². The molecule has 10 heteroatoms. The minimum Gasteiger partial charge on any atom is -0.360 e. The lowest BCUT2D eigenvalue weighted by molar-refractivity contribution is -0.138. The van der Waals surface area contributed by atoms with Crippen molar-refractivity contribution in [3.05, 3.63) is 58.9 Å². The van der Waals surface area contributed by atoms with Gasteiger partial charge in [-0.25, -0.2) is 17.2 Å². The number of rotatable bonds is 3. The average molecular weight is 431 g/mol. The summed E-state index contributed by atoms with van der Waals surface area (Å²) in [6.07, 6.45) is -3.85. The molecule has 3 rings (SSSR count). The van der Waals surface area contributed by atoms with Gasteiger partial charge in [0.05, 0.1) is 11.1 Å². The number of sulfone groups is 1. The van der Waals surface area contributed by atoms with E-state index in [1.54, 1.807) is 0 Å². The van der Waals surface area contributed by atoms with Crippen molar-refractivity contribution in [3.8, 4) is 22.4 Å². The lowest BCUT2D eigenvalue weighted by Gasteiger charge is -2.12. The summed E-state index contributed by atoms with van der Waals surface area (Å²) in [5.41, 5.74) is -0.481. The Morgan fingerprint density at radius 2 is 1.55 bits per heavy atom. The van der Waals surface area contributed by atoms with Crippen molar-refractivity contribution in [3.63, 3.8) is 0 Å². The predicted octanol–water partition coefficient (Wildman–Crippen LogP) is 5.33. The third kappa shape index (κ3) is 3.89. The van der Waals surface area contributed by atoms with Crippen molar-refractivity contribution >= 4 is 9.84 Å². The molecule has 0 fully saturated rings. The first kappa shape index (κ1) is 21.0. The summed E-state index contributed by atoms with van der Waals surface area (Å²) in [5, 5.41) is 3.81. The Bertz CT molecular complexity index is 1190. The summed E-state index contributed by atoms with van der Waals surface area (Å²) in [5.74, 6) is -2.43. The fourth-order valence-corrected chi connectivity index (χ4v) is 3.92. The number of alkyl halides is 3. The van der Waals surface area contributed by atoms with Crippen LogP contribution in [0.4, 0.5) is 22.0 Å². The number of hydrogen-bond donors (Lipinski definition) is 0. The Balaban J connectivity index is 2.19. The monoisotopic (exact) mass is 431 g/mol. The largest absolute Gasteiger partial charge is 0.416 e. The zero-order valence-electron chi connectivity index (χ0n) is 15.4. The molecule has 4 nitrogen and oxygen atoms in total. The fourth-order valence-electron chi connectivity index (χ4n) is 3.10. The zero-order valence-corrected chi connectivity index (χ0v) is 16.2. The molecule has 0 aliphatic heterocycles. The van der Waals surface area contributed by atoms with Gasteiger partial charge < -0.3 is 4.52 Å². The third-order valence-electron chi connectivity index (χ3n) is 4.33. The highest BCUT2D eigenvalue weighted by atomic mass is 32.2. The number of nitrogens with zero attached hydrogens (tertiary/aromatic N) is 1. The lowest BCUT2D eigenvalue weighted by atomic mass is 9.96. The van der Waals surface area contributed by atoms with Crippen LogP contribution >= 0.6 is 0 Å². The molecule has 1 heterocycles. The van der Waals surface area contributed by atoms with Crippen LogP contribution in [0.5, 0.6) is 0 Å². The smallest absolute Gasteiger partial charge is 0.360 e. The highest BCUT2D eigenvalue weighted by Gasteiger charge is 2.32. The van der Waals surface area contributed by atoms with Crippen LogP contribution in [-0.2, 0) is 16.0 Å². The molecule has 2 aromatic carbocycles. The molecule has 0 atom stereocenters. The minimum atomic E-state index is -4.53. The Hall–Kier alpha value is -2.75. The van der Waals surface area contributed by atoms with Crippen molar-refractivity contribution in [2.75, 3.05) is 6.26 Å². The third-order valence-corrected chi connectivity index (χ3v) is 5.46. The van der Waals surface area contributed by atoms with Gasteiger partial charge in [0.2, 0.25) is 0 Å². The van der Waals surface area contributed by atoms with E-state index in [0.717, 1.165) is 18.2 Å². The second-order valence-electron chi connectivity index (χ2n) is 6.53. The van der Waals surface area contributed by atoms with Crippen LogP contribution in [0.1, 0.15) is 16.9 Å². The number of benzene rings is 2. The Morgan fingerprint density at radius 1 is 0.966 bits per heavy atom. The number of aromatic nitrogens is 1.